The number of halogens is 1. The van der Waals surface area contributed by atoms with Gasteiger partial charge in [0.05, 0.1) is 12.3 Å². The van der Waals surface area contributed by atoms with Gasteiger partial charge in [-0.3, -0.25) is 4.79 Å². The maximum Gasteiger partial charge on any atom is 0.222 e. The molecule has 5 nitrogen and oxygen atoms in total. The minimum Gasteiger partial charge on any atom is -0.352 e. The van der Waals surface area contributed by atoms with Crippen molar-refractivity contribution in [1.29, 1.82) is 0 Å². The minimum atomic E-state index is -3.52. The zero-order valence-electron chi connectivity index (χ0n) is 14.1. The van der Waals surface area contributed by atoms with E-state index in [9.17, 15) is 17.6 Å². The quantitative estimate of drug-likeness (QED) is 0.792. The number of aryl methyl sites for hydroxylation is 1. The molecular formula is C18H21FN2O3S. The van der Waals surface area contributed by atoms with E-state index in [2.05, 4.69) is 10.0 Å². The molecule has 25 heavy (non-hydrogen) atoms. The SMILES string of the molecule is Cc1cccc(CNC(=O)C[C@H](NS(C)(=O)=O)c2ccc(F)cc2)c1. The van der Waals surface area contributed by atoms with Crippen LogP contribution >= 0.6 is 0 Å². The van der Waals surface area contributed by atoms with Crippen molar-refractivity contribution in [3.63, 3.8) is 0 Å². The minimum absolute atomic E-state index is 0.0789. The normalized spacial score (nSPS) is 12.6. The highest BCUT2D eigenvalue weighted by molar-refractivity contribution is 7.88. The predicted octanol–water partition coefficient (Wildman–Crippen LogP) is 2.43. The van der Waals surface area contributed by atoms with Gasteiger partial charge in [0.1, 0.15) is 5.82 Å². The average molecular weight is 364 g/mol. The van der Waals surface area contributed by atoms with Crippen LogP contribution in [0, 0.1) is 12.7 Å². The third kappa shape index (κ3) is 6.64. The van der Waals surface area contributed by atoms with Gasteiger partial charge in [-0.15, -0.1) is 0 Å². The molecule has 0 saturated carbocycles. The van der Waals surface area contributed by atoms with Gasteiger partial charge in [0.15, 0.2) is 0 Å². The number of benzene rings is 2. The fourth-order valence-electron chi connectivity index (χ4n) is 2.46. The molecule has 0 unspecified atom stereocenters. The van der Waals surface area contributed by atoms with Crippen LogP contribution in [0.3, 0.4) is 0 Å². The second-order valence-corrected chi connectivity index (χ2v) is 7.74. The first-order valence-corrected chi connectivity index (χ1v) is 9.67. The molecule has 0 aliphatic carbocycles. The molecule has 0 aromatic heterocycles. The number of carbonyl (C=O) groups is 1. The van der Waals surface area contributed by atoms with Crippen LogP contribution in [-0.4, -0.2) is 20.6 Å². The van der Waals surface area contributed by atoms with Gasteiger partial charge in [-0.1, -0.05) is 42.0 Å². The van der Waals surface area contributed by atoms with Gasteiger partial charge in [0.2, 0.25) is 15.9 Å². The number of amides is 1. The predicted molar refractivity (Wildman–Crippen MR) is 94.8 cm³/mol. The molecule has 2 aromatic carbocycles. The summed E-state index contributed by atoms with van der Waals surface area (Å²) in [6.45, 7) is 2.32. The van der Waals surface area contributed by atoms with Crippen LogP contribution in [0.25, 0.3) is 0 Å². The Morgan fingerprint density at radius 1 is 1.16 bits per heavy atom. The zero-order chi connectivity index (χ0) is 18.4. The van der Waals surface area contributed by atoms with Gasteiger partial charge in [-0.25, -0.2) is 17.5 Å². The lowest BCUT2D eigenvalue weighted by atomic mass is 10.0. The smallest absolute Gasteiger partial charge is 0.222 e. The van der Waals surface area contributed by atoms with Crippen molar-refractivity contribution in [2.24, 2.45) is 0 Å². The van der Waals surface area contributed by atoms with Crippen molar-refractivity contribution in [2.75, 3.05) is 6.26 Å². The van der Waals surface area contributed by atoms with Gasteiger partial charge in [0, 0.05) is 13.0 Å². The molecule has 0 heterocycles. The summed E-state index contributed by atoms with van der Waals surface area (Å²) in [5.41, 5.74) is 2.58. The Morgan fingerprint density at radius 3 is 2.44 bits per heavy atom. The second-order valence-electron chi connectivity index (χ2n) is 5.96. The Labute approximate surface area is 147 Å². The zero-order valence-corrected chi connectivity index (χ0v) is 14.9. The lowest BCUT2D eigenvalue weighted by molar-refractivity contribution is -0.121. The molecule has 2 N–H and O–H groups in total. The molecule has 0 bridgehead atoms. The van der Waals surface area contributed by atoms with E-state index in [1.165, 1.54) is 24.3 Å². The largest absolute Gasteiger partial charge is 0.352 e. The number of sulfonamides is 1. The molecule has 0 aliphatic rings. The van der Waals surface area contributed by atoms with Crippen LogP contribution in [0.15, 0.2) is 48.5 Å². The van der Waals surface area contributed by atoms with Crippen LogP contribution in [-0.2, 0) is 21.4 Å². The van der Waals surface area contributed by atoms with Gasteiger partial charge < -0.3 is 5.32 Å². The van der Waals surface area contributed by atoms with E-state index in [0.29, 0.717) is 12.1 Å². The molecule has 1 atom stereocenters. The van der Waals surface area contributed by atoms with Crippen molar-refractivity contribution >= 4 is 15.9 Å². The number of carbonyl (C=O) groups excluding carboxylic acids is 1. The second kappa shape index (κ2) is 8.22. The van der Waals surface area contributed by atoms with Gasteiger partial charge in [-0.2, -0.15) is 0 Å². The molecule has 134 valence electrons. The van der Waals surface area contributed by atoms with E-state index in [-0.39, 0.29) is 12.3 Å². The van der Waals surface area contributed by atoms with Gasteiger partial charge >= 0.3 is 0 Å². The Bertz CT molecular complexity index is 836. The summed E-state index contributed by atoms with van der Waals surface area (Å²) in [5, 5.41) is 2.78. The van der Waals surface area contributed by atoms with E-state index >= 15 is 0 Å². The number of hydrogen-bond donors (Lipinski definition) is 2. The summed E-state index contributed by atoms with van der Waals surface area (Å²) in [5.74, 6) is -0.724. The number of hydrogen-bond acceptors (Lipinski definition) is 3. The van der Waals surface area contributed by atoms with Crippen molar-refractivity contribution in [3.8, 4) is 0 Å². The lowest BCUT2D eigenvalue weighted by Crippen LogP contribution is -2.33. The standard InChI is InChI=1S/C18H21FN2O3S/c1-13-4-3-5-14(10-13)12-20-18(22)11-17(21-25(2,23)24)15-6-8-16(19)9-7-15/h3-10,17,21H,11-12H2,1-2H3,(H,20,22)/t17-/m0/s1. The molecule has 0 saturated heterocycles. The molecule has 2 rings (SSSR count). The first kappa shape index (κ1) is 19.1. The average Bonchev–Trinajstić information content (AvgIpc) is 2.52. The van der Waals surface area contributed by atoms with Crippen molar-refractivity contribution < 1.29 is 17.6 Å². The van der Waals surface area contributed by atoms with E-state index < -0.39 is 21.9 Å². The molecule has 1 amide bonds. The summed E-state index contributed by atoms with van der Waals surface area (Å²) < 4.78 is 38.6. The van der Waals surface area contributed by atoms with E-state index in [0.717, 1.165) is 17.4 Å². The summed E-state index contributed by atoms with van der Waals surface area (Å²) in [4.78, 5) is 12.2. The maximum absolute atomic E-state index is 13.1. The summed E-state index contributed by atoms with van der Waals surface area (Å²) >= 11 is 0. The van der Waals surface area contributed by atoms with Crippen LogP contribution in [0.5, 0.6) is 0 Å². The highest BCUT2D eigenvalue weighted by Gasteiger charge is 2.19. The molecule has 7 heteroatoms. The van der Waals surface area contributed by atoms with Crippen molar-refractivity contribution in [3.05, 3.63) is 71.0 Å². The number of rotatable bonds is 7. The van der Waals surface area contributed by atoms with Crippen LogP contribution in [0.2, 0.25) is 0 Å². The summed E-state index contributed by atoms with van der Waals surface area (Å²) in [6.07, 6.45) is 0.943. The first-order valence-electron chi connectivity index (χ1n) is 7.78. The number of nitrogens with one attached hydrogen (secondary N) is 2. The monoisotopic (exact) mass is 364 g/mol. The topological polar surface area (TPSA) is 75.3 Å². The molecule has 0 fully saturated rings. The summed E-state index contributed by atoms with van der Waals surface area (Å²) in [7, 11) is -3.52. The molecular weight excluding hydrogens is 343 g/mol. The first-order chi connectivity index (χ1) is 11.7. The molecule has 0 spiro atoms. The Kier molecular flexibility index (Phi) is 6.27. The van der Waals surface area contributed by atoms with Crippen molar-refractivity contribution in [2.45, 2.75) is 25.9 Å². The lowest BCUT2D eigenvalue weighted by Gasteiger charge is -2.18. The summed E-state index contributed by atoms with van der Waals surface area (Å²) in [6, 6.07) is 12.4. The molecule has 2 aromatic rings. The van der Waals surface area contributed by atoms with E-state index in [1.807, 2.05) is 31.2 Å². The molecule has 0 aliphatic heterocycles. The third-order valence-electron chi connectivity index (χ3n) is 3.59. The Balaban J connectivity index is 2.05. The van der Waals surface area contributed by atoms with Crippen LogP contribution in [0.1, 0.15) is 29.2 Å². The van der Waals surface area contributed by atoms with Crippen LogP contribution in [0.4, 0.5) is 4.39 Å². The van der Waals surface area contributed by atoms with E-state index in [4.69, 9.17) is 0 Å². The van der Waals surface area contributed by atoms with Crippen LogP contribution < -0.4 is 10.0 Å². The maximum atomic E-state index is 13.1. The Morgan fingerprint density at radius 2 is 1.84 bits per heavy atom. The fraction of sp³-hybridized carbons (Fsp3) is 0.278. The third-order valence-corrected chi connectivity index (χ3v) is 4.30. The van der Waals surface area contributed by atoms with Gasteiger partial charge in [-0.05, 0) is 30.2 Å². The van der Waals surface area contributed by atoms with Crippen molar-refractivity contribution in [1.82, 2.24) is 10.0 Å². The molecule has 0 radical (unpaired) electrons. The Hall–Kier alpha value is -2.25. The highest BCUT2D eigenvalue weighted by Crippen LogP contribution is 2.18. The van der Waals surface area contributed by atoms with E-state index in [1.54, 1.807) is 0 Å². The highest BCUT2D eigenvalue weighted by atomic mass is 32.2. The van der Waals surface area contributed by atoms with Gasteiger partial charge in [0.25, 0.3) is 0 Å². The fourth-order valence-corrected chi connectivity index (χ4v) is 3.20.